The third kappa shape index (κ3) is 1.47. The molecule has 0 saturated carbocycles. The summed E-state index contributed by atoms with van der Waals surface area (Å²) in [6.45, 7) is 0.719. The number of carboxylic acid groups (broad SMARTS) is 1. The molecule has 0 fully saturated rings. The molecule has 1 N–H and O–H groups in total. The van der Waals surface area contributed by atoms with E-state index >= 15 is 0 Å². The highest BCUT2D eigenvalue weighted by Gasteiger charge is 2.24. The summed E-state index contributed by atoms with van der Waals surface area (Å²) < 4.78 is 0. The number of hydrogen-bond donors (Lipinski definition) is 1. The first kappa shape index (κ1) is 9.90. The normalized spacial score (nSPS) is 16.8. The molecule has 0 saturated heterocycles. The molecule has 0 amide bonds. The number of benzene rings is 1. The number of aliphatic carboxylic acids is 1. The Labute approximate surface area is 99.0 Å². The minimum absolute atomic E-state index is 0.355. The fraction of sp³-hybridized carbons (Fsp3) is 0.0714. The summed E-state index contributed by atoms with van der Waals surface area (Å²) in [6.07, 6.45) is 7.50. The number of hydrogen-bond acceptors (Lipinski definition) is 2. The highest BCUT2D eigenvalue weighted by molar-refractivity contribution is 6.01. The monoisotopic (exact) mass is 225 g/mol. The highest BCUT2D eigenvalue weighted by Crippen LogP contribution is 2.33. The first-order valence-corrected chi connectivity index (χ1v) is 5.46. The minimum Gasteiger partial charge on any atom is -0.478 e. The van der Waals surface area contributed by atoms with E-state index in [9.17, 15) is 9.90 Å². The van der Waals surface area contributed by atoms with E-state index < -0.39 is 5.97 Å². The van der Waals surface area contributed by atoms with Crippen molar-refractivity contribution in [2.24, 2.45) is 0 Å². The second-order valence-corrected chi connectivity index (χ2v) is 4.03. The molecule has 0 radical (unpaired) electrons. The van der Waals surface area contributed by atoms with Crippen molar-refractivity contribution in [2.75, 3.05) is 6.54 Å². The molecule has 2 heterocycles. The van der Waals surface area contributed by atoms with Crippen LogP contribution in [-0.4, -0.2) is 22.5 Å². The molecule has 17 heavy (non-hydrogen) atoms. The van der Waals surface area contributed by atoms with Gasteiger partial charge in [-0.1, -0.05) is 30.3 Å². The molecule has 3 nitrogen and oxygen atoms in total. The van der Waals surface area contributed by atoms with E-state index in [4.69, 9.17) is 0 Å². The van der Waals surface area contributed by atoms with Crippen molar-refractivity contribution in [3.63, 3.8) is 0 Å². The average molecular weight is 225 g/mol. The second kappa shape index (κ2) is 3.63. The van der Waals surface area contributed by atoms with E-state index in [1.807, 2.05) is 47.5 Å². The molecule has 3 rings (SSSR count). The Morgan fingerprint density at radius 1 is 1.24 bits per heavy atom. The number of fused-ring (bicyclic) bond motifs is 3. The lowest BCUT2D eigenvalue weighted by Crippen LogP contribution is -2.25. The van der Waals surface area contributed by atoms with Crippen LogP contribution in [0.25, 0.3) is 11.8 Å². The first-order chi connectivity index (χ1) is 8.27. The number of carbonyl (C=O) groups is 1. The van der Waals surface area contributed by atoms with E-state index in [0.717, 1.165) is 23.4 Å². The van der Waals surface area contributed by atoms with Gasteiger partial charge in [-0.2, -0.15) is 0 Å². The zero-order valence-corrected chi connectivity index (χ0v) is 9.13. The molecule has 84 valence electrons. The maximum Gasteiger partial charge on any atom is 0.337 e. The lowest BCUT2D eigenvalue weighted by Gasteiger charge is -2.30. The van der Waals surface area contributed by atoms with Gasteiger partial charge in [0.2, 0.25) is 0 Å². The molecule has 2 aliphatic heterocycles. The Balaban J connectivity index is 2.28. The third-order valence-electron chi connectivity index (χ3n) is 3.01. The van der Waals surface area contributed by atoms with Crippen LogP contribution in [0.2, 0.25) is 0 Å². The van der Waals surface area contributed by atoms with Gasteiger partial charge in [0.05, 0.1) is 11.3 Å². The van der Waals surface area contributed by atoms with Crippen molar-refractivity contribution in [3.05, 3.63) is 59.3 Å². The maximum atomic E-state index is 11.3. The highest BCUT2D eigenvalue weighted by atomic mass is 16.4. The van der Waals surface area contributed by atoms with Crippen molar-refractivity contribution in [2.45, 2.75) is 0 Å². The number of rotatable bonds is 1. The van der Waals surface area contributed by atoms with Crippen molar-refractivity contribution in [1.29, 1.82) is 0 Å². The molecule has 0 aliphatic carbocycles. The second-order valence-electron chi connectivity index (χ2n) is 4.03. The summed E-state index contributed by atoms with van der Waals surface area (Å²) in [6, 6.07) is 7.84. The van der Waals surface area contributed by atoms with E-state index in [1.54, 1.807) is 6.08 Å². The van der Waals surface area contributed by atoms with Crippen LogP contribution in [0.3, 0.4) is 0 Å². The predicted octanol–water partition coefficient (Wildman–Crippen LogP) is 2.34. The fourth-order valence-corrected chi connectivity index (χ4v) is 2.25. The summed E-state index contributed by atoms with van der Waals surface area (Å²) in [4.78, 5) is 13.2. The largest absolute Gasteiger partial charge is 0.478 e. The molecule has 0 unspecified atom stereocenters. The zero-order chi connectivity index (χ0) is 11.8. The molecule has 3 heteroatoms. The topological polar surface area (TPSA) is 40.5 Å². The molecule has 0 spiro atoms. The lowest BCUT2D eigenvalue weighted by molar-refractivity contribution is -0.132. The Hall–Kier alpha value is -2.29. The van der Waals surface area contributed by atoms with Gasteiger partial charge in [0.15, 0.2) is 0 Å². The van der Waals surface area contributed by atoms with Crippen LogP contribution < -0.4 is 0 Å². The SMILES string of the molecule is O=C(O)C1=C2c3ccccc3C=CN2CC=C1. The van der Waals surface area contributed by atoms with Gasteiger partial charge >= 0.3 is 5.97 Å². The van der Waals surface area contributed by atoms with Gasteiger partial charge in [0.1, 0.15) is 0 Å². The van der Waals surface area contributed by atoms with Crippen LogP contribution in [0.1, 0.15) is 11.1 Å². The van der Waals surface area contributed by atoms with Gasteiger partial charge in [0.25, 0.3) is 0 Å². The molecule has 0 bridgehead atoms. The van der Waals surface area contributed by atoms with Gasteiger partial charge in [-0.05, 0) is 17.7 Å². The molecular formula is C14H11NO2. The van der Waals surface area contributed by atoms with Gasteiger partial charge in [-0.25, -0.2) is 4.79 Å². The number of nitrogens with zero attached hydrogens (tertiary/aromatic N) is 1. The van der Waals surface area contributed by atoms with Crippen molar-refractivity contribution < 1.29 is 9.90 Å². The minimum atomic E-state index is -0.883. The van der Waals surface area contributed by atoms with Crippen molar-refractivity contribution in [1.82, 2.24) is 4.90 Å². The van der Waals surface area contributed by atoms with E-state index in [-0.39, 0.29) is 0 Å². The Morgan fingerprint density at radius 3 is 2.88 bits per heavy atom. The lowest BCUT2D eigenvalue weighted by atomic mass is 9.95. The van der Waals surface area contributed by atoms with Gasteiger partial charge in [-0.15, -0.1) is 0 Å². The summed E-state index contributed by atoms with van der Waals surface area (Å²) in [5.41, 5.74) is 3.19. The average Bonchev–Trinajstić information content (AvgIpc) is 2.37. The smallest absolute Gasteiger partial charge is 0.337 e. The summed E-state index contributed by atoms with van der Waals surface area (Å²) in [5, 5.41) is 9.24. The zero-order valence-electron chi connectivity index (χ0n) is 9.13. The van der Waals surface area contributed by atoms with Crippen LogP contribution in [0, 0.1) is 0 Å². The van der Waals surface area contributed by atoms with E-state index in [1.165, 1.54) is 0 Å². The van der Waals surface area contributed by atoms with E-state index in [2.05, 4.69) is 0 Å². The van der Waals surface area contributed by atoms with Crippen LogP contribution in [0.4, 0.5) is 0 Å². The van der Waals surface area contributed by atoms with E-state index in [0.29, 0.717) is 5.57 Å². The Bertz CT molecular complexity index is 582. The fourth-order valence-electron chi connectivity index (χ4n) is 2.25. The summed E-state index contributed by atoms with van der Waals surface area (Å²) >= 11 is 0. The molecule has 0 aromatic heterocycles. The molecule has 1 aromatic carbocycles. The molecule has 2 aliphatic rings. The third-order valence-corrected chi connectivity index (χ3v) is 3.01. The standard InChI is InChI=1S/C14H11NO2/c16-14(17)12-6-3-8-15-9-7-10-4-1-2-5-11(10)13(12)15/h1-7,9H,8H2,(H,16,17). The summed E-state index contributed by atoms with van der Waals surface area (Å²) in [7, 11) is 0. The van der Waals surface area contributed by atoms with Gasteiger partial charge in [0, 0.05) is 18.3 Å². The van der Waals surface area contributed by atoms with Crippen molar-refractivity contribution in [3.8, 4) is 0 Å². The van der Waals surface area contributed by atoms with Gasteiger partial charge in [-0.3, -0.25) is 0 Å². The Kier molecular flexibility index (Phi) is 2.11. The van der Waals surface area contributed by atoms with Gasteiger partial charge < -0.3 is 10.0 Å². The first-order valence-electron chi connectivity index (χ1n) is 5.46. The van der Waals surface area contributed by atoms with Crippen LogP contribution in [0.5, 0.6) is 0 Å². The van der Waals surface area contributed by atoms with Crippen LogP contribution in [0.15, 0.2) is 48.2 Å². The number of carboxylic acids is 1. The van der Waals surface area contributed by atoms with Crippen molar-refractivity contribution >= 4 is 17.7 Å². The predicted molar refractivity (Wildman–Crippen MR) is 65.9 cm³/mol. The Morgan fingerprint density at radius 2 is 2.06 bits per heavy atom. The summed E-state index contributed by atoms with van der Waals surface area (Å²) in [5.74, 6) is -0.883. The maximum absolute atomic E-state index is 11.3. The molecule has 0 atom stereocenters. The molecule has 1 aromatic rings. The quantitative estimate of drug-likeness (QED) is 0.797. The van der Waals surface area contributed by atoms with Crippen LogP contribution in [-0.2, 0) is 4.79 Å². The molecular weight excluding hydrogens is 214 g/mol. The van der Waals surface area contributed by atoms with Crippen LogP contribution >= 0.6 is 0 Å².